The van der Waals surface area contributed by atoms with Crippen LogP contribution in [0.3, 0.4) is 0 Å². The minimum absolute atomic E-state index is 0.219. The quantitative estimate of drug-likeness (QED) is 0.859. The van der Waals surface area contributed by atoms with Crippen molar-refractivity contribution in [3.8, 4) is 0 Å². The molecule has 0 amide bonds. The van der Waals surface area contributed by atoms with Crippen molar-refractivity contribution >= 4 is 0 Å². The van der Waals surface area contributed by atoms with Crippen LogP contribution in [0.25, 0.3) is 0 Å². The topological polar surface area (TPSA) is 12.0 Å². The summed E-state index contributed by atoms with van der Waals surface area (Å²) in [5.74, 6) is 0.00700. The van der Waals surface area contributed by atoms with Gasteiger partial charge in [0.05, 0.1) is 0 Å². The molecule has 100 valence electrons. The lowest BCUT2D eigenvalue weighted by Crippen LogP contribution is -2.29. The third kappa shape index (κ3) is 2.28. The van der Waals surface area contributed by atoms with E-state index in [1.54, 1.807) is 14.0 Å². The molecule has 1 fully saturated rings. The second-order valence-electron chi connectivity index (χ2n) is 5.43. The van der Waals surface area contributed by atoms with Crippen LogP contribution in [-0.2, 0) is 0 Å². The molecule has 18 heavy (non-hydrogen) atoms. The lowest BCUT2D eigenvalue weighted by molar-refractivity contribution is 0.300. The lowest BCUT2D eigenvalue weighted by Gasteiger charge is -2.28. The average molecular weight is 253 g/mol. The van der Waals surface area contributed by atoms with Gasteiger partial charge in [0.1, 0.15) is 11.6 Å². The minimum Gasteiger partial charge on any atom is -0.313 e. The van der Waals surface area contributed by atoms with Crippen LogP contribution in [0, 0.1) is 30.4 Å². The van der Waals surface area contributed by atoms with Gasteiger partial charge in [0, 0.05) is 11.6 Å². The van der Waals surface area contributed by atoms with Gasteiger partial charge in [0.15, 0.2) is 0 Å². The standard InChI is InChI=1S/C15H21F2N/c1-9-5-4-6-11(9)15(18-3)13-12(16)8-7-10(2)14(13)17/h7-9,11,15,18H,4-6H2,1-3H3. The second-order valence-corrected chi connectivity index (χ2v) is 5.43. The molecule has 3 heteroatoms. The summed E-state index contributed by atoms with van der Waals surface area (Å²) in [5.41, 5.74) is 0.730. The van der Waals surface area contributed by atoms with Gasteiger partial charge < -0.3 is 5.32 Å². The lowest BCUT2D eigenvalue weighted by atomic mass is 9.85. The Morgan fingerprint density at radius 1 is 1.28 bits per heavy atom. The molecule has 0 radical (unpaired) electrons. The van der Waals surface area contributed by atoms with E-state index < -0.39 is 11.6 Å². The van der Waals surface area contributed by atoms with Crippen LogP contribution in [0.15, 0.2) is 12.1 Å². The molecule has 1 aromatic carbocycles. The molecular weight excluding hydrogens is 232 g/mol. The van der Waals surface area contributed by atoms with Gasteiger partial charge in [0.25, 0.3) is 0 Å². The zero-order valence-corrected chi connectivity index (χ0v) is 11.3. The number of rotatable bonds is 3. The summed E-state index contributed by atoms with van der Waals surface area (Å²) >= 11 is 0. The maximum atomic E-state index is 14.2. The highest BCUT2D eigenvalue weighted by Crippen LogP contribution is 2.41. The van der Waals surface area contributed by atoms with Crippen LogP contribution in [0.5, 0.6) is 0 Å². The first-order chi connectivity index (χ1) is 8.56. The Hall–Kier alpha value is -0.960. The van der Waals surface area contributed by atoms with Crippen LogP contribution >= 0.6 is 0 Å². The molecule has 1 saturated carbocycles. The van der Waals surface area contributed by atoms with E-state index in [2.05, 4.69) is 12.2 Å². The molecule has 2 rings (SSSR count). The van der Waals surface area contributed by atoms with E-state index in [0.717, 1.165) is 19.3 Å². The molecule has 0 saturated heterocycles. The van der Waals surface area contributed by atoms with Crippen molar-refractivity contribution < 1.29 is 8.78 Å². The predicted octanol–water partition coefficient (Wildman–Crippen LogP) is 3.97. The Morgan fingerprint density at radius 2 is 2.00 bits per heavy atom. The van der Waals surface area contributed by atoms with Crippen molar-refractivity contribution in [1.29, 1.82) is 0 Å². The van der Waals surface area contributed by atoms with Crippen molar-refractivity contribution in [2.75, 3.05) is 7.05 Å². The zero-order valence-electron chi connectivity index (χ0n) is 11.3. The summed E-state index contributed by atoms with van der Waals surface area (Å²) in [5, 5.41) is 3.12. The van der Waals surface area contributed by atoms with Crippen LogP contribution in [0.4, 0.5) is 8.78 Å². The van der Waals surface area contributed by atoms with Gasteiger partial charge in [-0.3, -0.25) is 0 Å². The zero-order chi connectivity index (χ0) is 13.3. The molecule has 1 aliphatic rings. The third-order valence-electron chi connectivity index (χ3n) is 4.30. The number of hydrogen-bond acceptors (Lipinski definition) is 1. The van der Waals surface area contributed by atoms with E-state index in [4.69, 9.17) is 0 Å². The fourth-order valence-corrected chi connectivity index (χ4v) is 3.21. The van der Waals surface area contributed by atoms with E-state index in [1.165, 1.54) is 12.1 Å². The first kappa shape index (κ1) is 13.5. The summed E-state index contributed by atoms with van der Waals surface area (Å²) in [7, 11) is 1.79. The number of aryl methyl sites for hydroxylation is 1. The van der Waals surface area contributed by atoms with Gasteiger partial charge in [-0.25, -0.2) is 8.78 Å². The van der Waals surface area contributed by atoms with E-state index >= 15 is 0 Å². The van der Waals surface area contributed by atoms with Crippen molar-refractivity contribution in [3.63, 3.8) is 0 Å². The first-order valence-corrected chi connectivity index (χ1v) is 6.68. The van der Waals surface area contributed by atoms with Gasteiger partial charge in [-0.2, -0.15) is 0 Å². The predicted molar refractivity (Wildman–Crippen MR) is 69.4 cm³/mol. The van der Waals surface area contributed by atoms with Gasteiger partial charge in [-0.1, -0.05) is 25.8 Å². The summed E-state index contributed by atoms with van der Waals surface area (Å²) < 4.78 is 28.2. The highest BCUT2D eigenvalue weighted by molar-refractivity contribution is 5.30. The molecule has 3 atom stereocenters. The van der Waals surface area contributed by atoms with Crippen molar-refractivity contribution in [2.45, 2.75) is 39.2 Å². The van der Waals surface area contributed by atoms with E-state index in [9.17, 15) is 8.78 Å². The van der Waals surface area contributed by atoms with E-state index in [0.29, 0.717) is 17.4 Å². The summed E-state index contributed by atoms with van der Waals surface area (Å²) in [4.78, 5) is 0. The van der Waals surface area contributed by atoms with Crippen LogP contribution in [0.1, 0.15) is 43.4 Å². The molecule has 1 nitrogen and oxygen atoms in total. The van der Waals surface area contributed by atoms with Crippen LogP contribution in [0.2, 0.25) is 0 Å². The molecule has 0 heterocycles. The van der Waals surface area contributed by atoms with Crippen molar-refractivity contribution in [1.82, 2.24) is 5.32 Å². The first-order valence-electron chi connectivity index (χ1n) is 6.68. The number of halogens is 2. The molecule has 0 bridgehead atoms. The molecule has 0 aliphatic heterocycles. The smallest absolute Gasteiger partial charge is 0.133 e. The highest BCUT2D eigenvalue weighted by atomic mass is 19.1. The van der Waals surface area contributed by atoms with Crippen LogP contribution in [-0.4, -0.2) is 7.05 Å². The molecule has 3 unspecified atom stereocenters. The maximum absolute atomic E-state index is 14.2. The van der Waals surface area contributed by atoms with Crippen LogP contribution < -0.4 is 5.32 Å². The molecule has 1 N–H and O–H groups in total. The summed E-state index contributed by atoms with van der Waals surface area (Å²) in [6, 6.07) is 2.65. The van der Waals surface area contributed by atoms with Gasteiger partial charge >= 0.3 is 0 Å². The molecular formula is C15H21F2N. The SMILES string of the molecule is CNC(c1c(F)ccc(C)c1F)C1CCCC1C. The van der Waals surface area contributed by atoms with Gasteiger partial charge in [-0.05, 0) is 43.9 Å². The highest BCUT2D eigenvalue weighted by Gasteiger charge is 2.34. The Bertz CT molecular complexity index is 431. The van der Waals surface area contributed by atoms with Gasteiger partial charge in [0.2, 0.25) is 0 Å². The van der Waals surface area contributed by atoms with E-state index in [1.807, 2.05) is 0 Å². The Balaban J connectivity index is 2.41. The fourth-order valence-electron chi connectivity index (χ4n) is 3.21. The molecule has 0 aromatic heterocycles. The van der Waals surface area contributed by atoms with Crippen molar-refractivity contribution in [3.05, 3.63) is 34.9 Å². The average Bonchev–Trinajstić information content (AvgIpc) is 2.76. The second kappa shape index (κ2) is 5.35. The number of benzene rings is 1. The van der Waals surface area contributed by atoms with Crippen molar-refractivity contribution in [2.24, 2.45) is 11.8 Å². The molecule has 1 aliphatic carbocycles. The Labute approximate surface area is 108 Å². The largest absolute Gasteiger partial charge is 0.313 e. The normalized spacial score (nSPS) is 25.4. The Morgan fingerprint density at radius 3 is 2.56 bits per heavy atom. The van der Waals surface area contributed by atoms with Gasteiger partial charge in [-0.15, -0.1) is 0 Å². The molecule has 1 aromatic rings. The summed E-state index contributed by atoms with van der Waals surface area (Å²) in [6.07, 6.45) is 3.34. The maximum Gasteiger partial charge on any atom is 0.133 e. The number of hydrogen-bond donors (Lipinski definition) is 1. The Kier molecular flexibility index (Phi) is 4.00. The monoisotopic (exact) mass is 253 g/mol. The summed E-state index contributed by atoms with van der Waals surface area (Å²) in [6.45, 7) is 3.86. The third-order valence-corrected chi connectivity index (χ3v) is 4.30. The fraction of sp³-hybridized carbons (Fsp3) is 0.600. The molecule has 0 spiro atoms. The number of nitrogens with one attached hydrogen (secondary N) is 1. The minimum atomic E-state index is -0.434. The van der Waals surface area contributed by atoms with E-state index in [-0.39, 0.29) is 11.6 Å².